The molecule has 2 rings (SSSR count). The van der Waals surface area contributed by atoms with Gasteiger partial charge in [-0.2, -0.15) is 0 Å². The Kier molecular flexibility index (Phi) is 5.86. The van der Waals surface area contributed by atoms with Crippen molar-refractivity contribution in [1.82, 2.24) is 10.3 Å². The van der Waals surface area contributed by atoms with Crippen molar-refractivity contribution >= 4 is 17.5 Å². The first-order chi connectivity index (χ1) is 11.1. The Morgan fingerprint density at radius 3 is 2.65 bits per heavy atom. The number of pyridine rings is 1. The van der Waals surface area contributed by atoms with Crippen molar-refractivity contribution in [2.45, 2.75) is 26.7 Å². The van der Waals surface area contributed by atoms with Gasteiger partial charge in [-0.15, -0.1) is 0 Å². The summed E-state index contributed by atoms with van der Waals surface area (Å²) in [5, 5.41) is 5.64. The largest absolute Gasteiger partial charge is 0.351 e. The summed E-state index contributed by atoms with van der Waals surface area (Å²) in [7, 11) is 0. The summed E-state index contributed by atoms with van der Waals surface area (Å²) >= 11 is 0. The first-order valence-corrected chi connectivity index (χ1v) is 7.73. The van der Waals surface area contributed by atoms with Gasteiger partial charge in [0.2, 0.25) is 0 Å². The van der Waals surface area contributed by atoms with Crippen LogP contribution in [0.15, 0.2) is 42.6 Å². The third-order valence-electron chi connectivity index (χ3n) is 3.46. The molecule has 1 aromatic heterocycles. The molecule has 0 bridgehead atoms. The molecule has 0 spiro atoms. The van der Waals surface area contributed by atoms with Gasteiger partial charge < -0.3 is 10.6 Å². The fourth-order valence-electron chi connectivity index (χ4n) is 2.07. The molecule has 2 aromatic rings. The number of aromatic nitrogens is 1. The SMILES string of the molecule is CCCCNC(=O)c1cc(C(=O)Nc2ccccc2C)ccn1. The van der Waals surface area contributed by atoms with Crippen molar-refractivity contribution in [2.75, 3.05) is 11.9 Å². The number of hydrogen-bond donors (Lipinski definition) is 2. The zero-order valence-electron chi connectivity index (χ0n) is 13.4. The fraction of sp³-hybridized carbons (Fsp3) is 0.278. The van der Waals surface area contributed by atoms with E-state index in [1.165, 1.54) is 12.3 Å². The monoisotopic (exact) mass is 311 g/mol. The number of nitrogens with one attached hydrogen (secondary N) is 2. The molecular formula is C18H21N3O2. The number of unbranched alkanes of at least 4 members (excludes halogenated alkanes) is 1. The molecule has 0 aliphatic heterocycles. The van der Waals surface area contributed by atoms with Gasteiger partial charge in [0.1, 0.15) is 5.69 Å². The summed E-state index contributed by atoms with van der Waals surface area (Å²) in [5.74, 6) is -0.520. The number of carbonyl (C=O) groups excluding carboxylic acids is 2. The van der Waals surface area contributed by atoms with Gasteiger partial charge in [0.15, 0.2) is 0 Å². The van der Waals surface area contributed by atoms with E-state index in [4.69, 9.17) is 0 Å². The number of nitrogens with zero attached hydrogens (tertiary/aromatic N) is 1. The second kappa shape index (κ2) is 8.08. The highest BCUT2D eigenvalue weighted by Crippen LogP contribution is 2.14. The van der Waals surface area contributed by atoms with E-state index >= 15 is 0 Å². The maximum Gasteiger partial charge on any atom is 0.269 e. The Balaban J connectivity index is 2.08. The van der Waals surface area contributed by atoms with Gasteiger partial charge in [0.05, 0.1) is 0 Å². The van der Waals surface area contributed by atoms with Crippen molar-refractivity contribution < 1.29 is 9.59 Å². The summed E-state index contributed by atoms with van der Waals surface area (Å²) < 4.78 is 0. The lowest BCUT2D eigenvalue weighted by atomic mass is 10.1. The van der Waals surface area contributed by atoms with Gasteiger partial charge in [-0.1, -0.05) is 31.5 Å². The van der Waals surface area contributed by atoms with Gasteiger partial charge in [-0.25, -0.2) is 0 Å². The van der Waals surface area contributed by atoms with Crippen LogP contribution in [0.5, 0.6) is 0 Å². The first kappa shape index (κ1) is 16.7. The van der Waals surface area contributed by atoms with Crippen molar-refractivity contribution in [2.24, 2.45) is 0 Å². The lowest BCUT2D eigenvalue weighted by Gasteiger charge is -2.09. The Morgan fingerprint density at radius 1 is 1.13 bits per heavy atom. The quantitative estimate of drug-likeness (QED) is 0.805. The van der Waals surface area contributed by atoms with Crippen LogP contribution in [-0.4, -0.2) is 23.3 Å². The predicted molar refractivity (Wildman–Crippen MR) is 90.6 cm³/mol. The van der Waals surface area contributed by atoms with E-state index in [1.54, 1.807) is 6.07 Å². The zero-order valence-corrected chi connectivity index (χ0v) is 13.4. The minimum atomic E-state index is -0.260. The minimum absolute atomic E-state index is 0.249. The molecule has 0 atom stereocenters. The van der Waals surface area contributed by atoms with Gasteiger partial charge in [-0.3, -0.25) is 14.6 Å². The standard InChI is InChI=1S/C18H21N3O2/c1-3-4-10-20-18(23)16-12-14(9-11-19-16)17(22)21-15-8-6-5-7-13(15)2/h5-9,11-12H,3-4,10H2,1-2H3,(H,20,23)(H,21,22). The molecule has 0 saturated heterocycles. The van der Waals surface area contributed by atoms with E-state index < -0.39 is 0 Å². The summed E-state index contributed by atoms with van der Waals surface area (Å²) in [6.45, 7) is 4.59. The van der Waals surface area contributed by atoms with Crippen molar-refractivity contribution in [1.29, 1.82) is 0 Å². The van der Waals surface area contributed by atoms with E-state index in [1.807, 2.05) is 31.2 Å². The molecule has 0 unspecified atom stereocenters. The van der Waals surface area contributed by atoms with Crippen molar-refractivity contribution in [3.63, 3.8) is 0 Å². The first-order valence-electron chi connectivity index (χ1n) is 7.73. The molecule has 2 N–H and O–H groups in total. The van der Waals surface area contributed by atoms with Crippen molar-refractivity contribution in [3.8, 4) is 0 Å². The zero-order chi connectivity index (χ0) is 16.7. The highest BCUT2D eigenvalue weighted by Gasteiger charge is 2.12. The number of amides is 2. The van der Waals surface area contributed by atoms with Crippen LogP contribution in [0.25, 0.3) is 0 Å². The minimum Gasteiger partial charge on any atom is -0.351 e. The summed E-state index contributed by atoms with van der Waals surface area (Å²) in [4.78, 5) is 28.4. The van der Waals surface area contributed by atoms with Crippen LogP contribution in [-0.2, 0) is 0 Å². The van der Waals surface area contributed by atoms with Crippen molar-refractivity contribution in [3.05, 3.63) is 59.4 Å². The number of benzene rings is 1. The molecular weight excluding hydrogens is 290 g/mol. The molecule has 120 valence electrons. The predicted octanol–water partition coefficient (Wildman–Crippen LogP) is 3.17. The third kappa shape index (κ3) is 4.64. The summed E-state index contributed by atoms with van der Waals surface area (Å²) in [6.07, 6.45) is 3.40. The van der Waals surface area contributed by atoms with E-state index in [9.17, 15) is 9.59 Å². The molecule has 0 aliphatic carbocycles. The number of aryl methyl sites for hydroxylation is 1. The van der Waals surface area contributed by atoms with Gasteiger partial charge in [-0.05, 0) is 37.1 Å². The summed E-state index contributed by atoms with van der Waals surface area (Å²) in [6, 6.07) is 10.6. The number of hydrogen-bond acceptors (Lipinski definition) is 3. The Labute approximate surface area is 136 Å². The molecule has 0 aliphatic rings. The Bertz CT molecular complexity index is 698. The van der Waals surface area contributed by atoms with Crippen LogP contribution in [0.4, 0.5) is 5.69 Å². The molecule has 0 saturated carbocycles. The van der Waals surface area contributed by atoms with Crippen LogP contribution >= 0.6 is 0 Å². The number of rotatable bonds is 6. The highest BCUT2D eigenvalue weighted by molar-refractivity contribution is 6.06. The molecule has 23 heavy (non-hydrogen) atoms. The molecule has 1 heterocycles. The molecule has 0 fully saturated rings. The second-order valence-electron chi connectivity index (χ2n) is 5.31. The topological polar surface area (TPSA) is 71.1 Å². The van der Waals surface area contributed by atoms with Gasteiger partial charge >= 0.3 is 0 Å². The average molecular weight is 311 g/mol. The van der Waals surface area contributed by atoms with Crippen LogP contribution < -0.4 is 10.6 Å². The molecule has 5 heteroatoms. The van der Waals surface area contributed by atoms with E-state index in [0.717, 1.165) is 24.1 Å². The normalized spacial score (nSPS) is 10.2. The van der Waals surface area contributed by atoms with E-state index in [2.05, 4.69) is 22.5 Å². The second-order valence-corrected chi connectivity index (χ2v) is 5.31. The summed E-state index contributed by atoms with van der Waals surface area (Å²) in [5.41, 5.74) is 2.39. The van der Waals surface area contributed by atoms with Gasteiger partial charge in [0.25, 0.3) is 11.8 Å². The van der Waals surface area contributed by atoms with Gasteiger partial charge in [0, 0.05) is 24.0 Å². The maximum absolute atomic E-state index is 12.3. The lowest BCUT2D eigenvalue weighted by Crippen LogP contribution is -2.25. The molecule has 2 amide bonds. The van der Waals surface area contributed by atoms with Crippen LogP contribution in [0.3, 0.4) is 0 Å². The molecule has 1 aromatic carbocycles. The fourth-order valence-corrected chi connectivity index (χ4v) is 2.07. The number of para-hydroxylation sites is 1. The van der Waals surface area contributed by atoms with Crippen LogP contribution in [0.1, 0.15) is 46.2 Å². The lowest BCUT2D eigenvalue weighted by molar-refractivity contribution is 0.0948. The van der Waals surface area contributed by atoms with Crippen LogP contribution in [0.2, 0.25) is 0 Å². The Hall–Kier alpha value is -2.69. The molecule has 0 radical (unpaired) electrons. The Morgan fingerprint density at radius 2 is 1.91 bits per heavy atom. The highest BCUT2D eigenvalue weighted by atomic mass is 16.2. The average Bonchev–Trinajstić information content (AvgIpc) is 2.57. The van der Waals surface area contributed by atoms with E-state index in [0.29, 0.717) is 12.1 Å². The maximum atomic E-state index is 12.3. The smallest absolute Gasteiger partial charge is 0.269 e. The number of anilines is 1. The third-order valence-corrected chi connectivity index (χ3v) is 3.46. The number of carbonyl (C=O) groups is 2. The molecule has 5 nitrogen and oxygen atoms in total. The van der Waals surface area contributed by atoms with E-state index in [-0.39, 0.29) is 17.5 Å². The van der Waals surface area contributed by atoms with Crippen LogP contribution in [0, 0.1) is 6.92 Å².